The molecule has 0 spiro atoms. The first-order valence-corrected chi connectivity index (χ1v) is 10.2. The molecule has 0 radical (unpaired) electrons. The molecule has 1 fully saturated rings. The normalized spacial score (nSPS) is 14.2. The lowest BCUT2D eigenvalue weighted by molar-refractivity contribution is -0.115. The van der Waals surface area contributed by atoms with E-state index in [9.17, 15) is 9.59 Å². The van der Waals surface area contributed by atoms with Crippen LogP contribution in [-0.4, -0.2) is 31.5 Å². The minimum Gasteiger partial charge on any atom is -0.497 e. The Kier molecular flexibility index (Phi) is 7.64. The lowest BCUT2D eigenvalue weighted by Crippen LogP contribution is -2.36. The van der Waals surface area contributed by atoms with Crippen molar-refractivity contribution in [1.82, 2.24) is 10.6 Å². The third-order valence-corrected chi connectivity index (χ3v) is 5.14. The molecule has 3 N–H and O–H groups in total. The van der Waals surface area contributed by atoms with E-state index in [0.29, 0.717) is 17.8 Å². The first-order chi connectivity index (χ1) is 14.1. The fourth-order valence-corrected chi connectivity index (χ4v) is 3.49. The highest BCUT2D eigenvalue weighted by atomic mass is 16.5. The Morgan fingerprint density at radius 3 is 2.31 bits per heavy atom. The second-order valence-electron chi connectivity index (χ2n) is 7.39. The van der Waals surface area contributed by atoms with E-state index in [1.165, 1.54) is 19.3 Å². The summed E-state index contributed by atoms with van der Waals surface area (Å²) in [4.78, 5) is 24.5. The van der Waals surface area contributed by atoms with Crippen LogP contribution in [0.15, 0.2) is 48.5 Å². The number of nitrogens with one attached hydrogen (secondary N) is 3. The number of anilines is 1. The Morgan fingerprint density at radius 1 is 0.966 bits per heavy atom. The van der Waals surface area contributed by atoms with E-state index in [2.05, 4.69) is 16.0 Å². The summed E-state index contributed by atoms with van der Waals surface area (Å²) in [7, 11) is 1.63. The van der Waals surface area contributed by atoms with E-state index in [-0.39, 0.29) is 24.4 Å². The molecule has 0 unspecified atom stereocenters. The van der Waals surface area contributed by atoms with Crippen LogP contribution in [0.1, 0.15) is 48.0 Å². The van der Waals surface area contributed by atoms with Gasteiger partial charge in [0.15, 0.2) is 0 Å². The average Bonchev–Trinajstić information content (AvgIpc) is 2.75. The van der Waals surface area contributed by atoms with E-state index in [1.807, 2.05) is 24.3 Å². The number of ether oxygens (including phenoxy) is 1. The molecular formula is C23H29N3O3. The highest BCUT2D eigenvalue weighted by Gasteiger charge is 2.16. The van der Waals surface area contributed by atoms with Crippen LogP contribution in [0.2, 0.25) is 0 Å². The summed E-state index contributed by atoms with van der Waals surface area (Å²) >= 11 is 0. The van der Waals surface area contributed by atoms with Gasteiger partial charge in [0.25, 0.3) is 5.91 Å². The fraction of sp³-hybridized carbons (Fsp3) is 0.391. The number of amides is 2. The Hall–Kier alpha value is -2.86. The summed E-state index contributed by atoms with van der Waals surface area (Å²) in [5.41, 5.74) is 2.37. The van der Waals surface area contributed by atoms with Gasteiger partial charge >= 0.3 is 0 Å². The van der Waals surface area contributed by atoms with Crippen LogP contribution in [0.25, 0.3) is 0 Å². The van der Waals surface area contributed by atoms with Crippen LogP contribution in [-0.2, 0) is 11.3 Å². The van der Waals surface area contributed by atoms with Crippen molar-refractivity contribution in [3.63, 3.8) is 0 Å². The quantitative estimate of drug-likeness (QED) is 0.639. The van der Waals surface area contributed by atoms with Crippen molar-refractivity contribution in [2.45, 2.75) is 44.7 Å². The zero-order valence-electron chi connectivity index (χ0n) is 16.9. The molecule has 2 aromatic carbocycles. The molecule has 6 heteroatoms. The standard InChI is InChI=1S/C23H29N3O3/c1-29-21-13-7-17(8-14-21)15-24-16-22(27)25-20-11-9-18(10-12-20)23(28)26-19-5-3-2-4-6-19/h7-14,19,24H,2-6,15-16H2,1H3,(H,25,27)(H,26,28). The van der Waals surface area contributed by atoms with Gasteiger partial charge in [0.1, 0.15) is 5.75 Å². The monoisotopic (exact) mass is 395 g/mol. The summed E-state index contributed by atoms with van der Waals surface area (Å²) in [6, 6.07) is 15.0. The number of hydrogen-bond donors (Lipinski definition) is 3. The molecule has 29 heavy (non-hydrogen) atoms. The van der Waals surface area contributed by atoms with Crippen molar-refractivity contribution < 1.29 is 14.3 Å². The van der Waals surface area contributed by atoms with Crippen LogP contribution in [0.5, 0.6) is 5.75 Å². The maximum atomic E-state index is 12.3. The predicted molar refractivity (Wildman–Crippen MR) is 114 cm³/mol. The first-order valence-electron chi connectivity index (χ1n) is 10.2. The number of methoxy groups -OCH3 is 1. The average molecular weight is 396 g/mol. The third kappa shape index (κ3) is 6.61. The molecule has 2 aromatic rings. The summed E-state index contributed by atoms with van der Waals surface area (Å²) in [5, 5.41) is 9.06. The molecule has 2 amide bonds. The lowest BCUT2D eigenvalue weighted by atomic mass is 9.95. The Morgan fingerprint density at radius 2 is 1.66 bits per heavy atom. The molecule has 6 nitrogen and oxygen atoms in total. The highest BCUT2D eigenvalue weighted by Crippen LogP contribution is 2.18. The van der Waals surface area contributed by atoms with Gasteiger partial charge in [0, 0.05) is 23.8 Å². The van der Waals surface area contributed by atoms with Gasteiger partial charge in [-0.15, -0.1) is 0 Å². The number of benzene rings is 2. The van der Waals surface area contributed by atoms with Gasteiger partial charge < -0.3 is 20.7 Å². The van der Waals surface area contributed by atoms with Crippen molar-refractivity contribution in [1.29, 1.82) is 0 Å². The van der Waals surface area contributed by atoms with Crippen molar-refractivity contribution in [3.8, 4) is 5.75 Å². The minimum absolute atomic E-state index is 0.0454. The van der Waals surface area contributed by atoms with Gasteiger partial charge in [0.2, 0.25) is 5.91 Å². The molecular weight excluding hydrogens is 366 g/mol. The highest BCUT2D eigenvalue weighted by molar-refractivity contribution is 5.96. The molecule has 1 aliphatic rings. The largest absolute Gasteiger partial charge is 0.497 e. The van der Waals surface area contributed by atoms with E-state index in [1.54, 1.807) is 31.4 Å². The fourth-order valence-electron chi connectivity index (χ4n) is 3.49. The Balaban J connectivity index is 1.41. The zero-order chi connectivity index (χ0) is 20.5. The summed E-state index contributed by atoms with van der Waals surface area (Å²) in [5.74, 6) is 0.635. The number of rotatable bonds is 8. The smallest absolute Gasteiger partial charge is 0.251 e. The van der Waals surface area contributed by atoms with Crippen molar-refractivity contribution in [3.05, 3.63) is 59.7 Å². The summed E-state index contributed by atoms with van der Waals surface area (Å²) in [6.45, 7) is 0.799. The van der Waals surface area contributed by atoms with Gasteiger partial charge in [-0.2, -0.15) is 0 Å². The van der Waals surface area contributed by atoms with E-state index < -0.39 is 0 Å². The molecule has 0 atom stereocenters. The number of carbonyl (C=O) groups excluding carboxylic acids is 2. The summed E-state index contributed by atoms with van der Waals surface area (Å²) in [6.07, 6.45) is 5.74. The maximum Gasteiger partial charge on any atom is 0.251 e. The summed E-state index contributed by atoms with van der Waals surface area (Å²) < 4.78 is 5.13. The molecule has 1 aliphatic carbocycles. The second kappa shape index (κ2) is 10.6. The SMILES string of the molecule is COc1ccc(CNCC(=O)Nc2ccc(C(=O)NC3CCCCC3)cc2)cc1. The van der Waals surface area contributed by atoms with Crippen molar-refractivity contribution >= 4 is 17.5 Å². The topological polar surface area (TPSA) is 79.5 Å². The maximum absolute atomic E-state index is 12.3. The van der Waals surface area contributed by atoms with Gasteiger partial charge in [0.05, 0.1) is 13.7 Å². The van der Waals surface area contributed by atoms with Crippen LogP contribution in [0, 0.1) is 0 Å². The van der Waals surface area contributed by atoms with E-state index in [0.717, 1.165) is 24.2 Å². The Bertz CT molecular complexity index is 797. The number of carbonyl (C=O) groups is 2. The minimum atomic E-state index is -0.127. The van der Waals surface area contributed by atoms with Crippen LogP contribution in [0.4, 0.5) is 5.69 Å². The third-order valence-electron chi connectivity index (χ3n) is 5.14. The van der Waals surface area contributed by atoms with Crippen molar-refractivity contribution in [2.75, 3.05) is 19.0 Å². The molecule has 0 heterocycles. The van der Waals surface area contributed by atoms with Gasteiger partial charge in [-0.3, -0.25) is 9.59 Å². The van der Waals surface area contributed by atoms with Gasteiger partial charge in [-0.1, -0.05) is 31.4 Å². The van der Waals surface area contributed by atoms with Gasteiger partial charge in [-0.25, -0.2) is 0 Å². The van der Waals surface area contributed by atoms with E-state index in [4.69, 9.17) is 4.74 Å². The molecule has 0 saturated heterocycles. The second-order valence-corrected chi connectivity index (χ2v) is 7.39. The lowest BCUT2D eigenvalue weighted by Gasteiger charge is -2.22. The van der Waals surface area contributed by atoms with Crippen LogP contribution < -0.4 is 20.7 Å². The molecule has 0 aromatic heterocycles. The van der Waals surface area contributed by atoms with Gasteiger partial charge in [-0.05, 0) is 54.8 Å². The molecule has 3 rings (SSSR count). The molecule has 154 valence electrons. The number of hydrogen-bond acceptors (Lipinski definition) is 4. The molecule has 1 saturated carbocycles. The molecule has 0 bridgehead atoms. The van der Waals surface area contributed by atoms with Crippen LogP contribution in [0.3, 0.4) is 0 Å². The first kappa shape index (κ1) is 20.9. The van der Waals surface area contributed by atoms with Crippen LogP contribution >= 0.6 is 0 Å². The van der Waals surface area contributed by atoms with Crippen molar-refractivity contribution in [2.24, 2.45) is 0 Å². The van der Waals surface area contributed by atoms with E-state index >= 15 is 0 Å². The molecule has 0 aliphatic heterocycles. The Labute approximate surface area is 172 Å². The predicted octanol–water partition coefficient (Wildman–Crippen LogP) is 3.49. The zero-order valence-corrected chi connectivity index (χ0v) is 16.9.